The molecule has 1 heterocycles. The van der Waals surface area contributed by atoms with Crippen molar-refractivity contribution in [2.24, 2.45) is 11.7 Å². The first-order valence-electron chi connectivity index (χ1n) is 8.91. The Morgan fingerprint density at radius 2 is 1.74 bits per heavy atom. The number of hydrogen-bond donors (Lipinski definition) is 2. The number of carbonyl (C=O) groups is 2. The normalized spacial score (nSPS) is 15.1. The minimum absolute atomic E-state index is 0.0234. The molecular weight excluding hydrogens is 362 g/mol. The van der Waals surface area contributed by atoms with E-state index in [1.54, 1.807) is 12.1 Å². The van der Waals surface area contributed by atoms with Crippen molar-refractivity contribution in [3.05, 3.63) is 65.2 Å². The van der Waals surface area contributed by atoms with E-state index in [0.29, 0.717) is 5.02 Å². The summed E-state index contributed by atoms with van der Waals surface area (Å²) >= 11 is 6.07. The van der Waals surface area contributed by atoms with Crippen LogP contribution >= 0.6 is 11.6 Å². The van der Waals surface area contributed by atoms with E-state index in [2.05, 4.69) is 10.2 Å². The largest absolute Gasteiger partial charge is 0.371 e. The maximum absolute atomic E-state index is 12.1. The fourth-order valence-electron chi connectivity index (χ4n) is 3.14. The van der Waals surface area contributed by atoms with Crippen LogP contribution in [0.2, 0.25) is 5.02 Å². The van der Waals surface area contributed by atoms with E-state index in [1.165, 1.54) is 6.08 Å². The first-order valence-corrected chi connectivity index (χ1v) is 9.28. The molecular formula is C21H22ClN3O2. The summed E-state index contributed by atoms with van der Waals surface area (Å²) in [6, 6.07) is 15.0. The van der Waals surface area contributed by atoms with Crippen molar-refractivity contribution in [3.63, 3.8) is 0 Å². The van der Waals surface area contributed by atoms with Crippen LogP contribution in [0.15, 0.2) is 54.6 Å². The van der Waals surface area contributed by atoms with Gasteiger partial charge in [0.1, 0.15) is 0 Å². The van der Waals surface area contributed by atoms with Gasteiger partial charge in [0.05, 0.1) is 0 Å². The Hall–Kier alpha value is -2.79. The van der Waals surface area contributed by atoms with E-state index >= 15 is 0 Å². The topological polar surface area (TPSA) is 75.4 Å². The number of primary amides is 1. The Balaban J connectivity index is 1.55. The SMILES string of the molecule is NC(=O)C1CCN(c2ccc(NC(=O)/C=C/c3ccccc3Cl)cc2)CC1. The molecule has 6 heteroatoms. The van der Waals surface area contributed by atoms with Gasteiger partial charge in [-0.2, -0.15) is 0 Å². The van der Waals surface area contributed by atoms with Crippen molar-refractivity contribution in [1.82, 2.24) is 0 Å². The molecule has 0 radical (unpaired) electrons. The molecule has 0 unspecified atom stereocenters. The van der Waals surface area contributed by atoms with Crippen molar-refractivity contribution < 1.29 is 9.59 Å². The van der Waals surface area contributed by atoms with Crippen LogP contribution in [0, 0.1) is 5.92 Å². The highest BCUT2D eigenvalue weighted by molar-refractivity contribution is 6.32. The number of piperidine rings is 1. The molecule has 1 fully saturated rings. The molecule has 3 N–H and O–H groups in total. The molecule has 1 saturated heterocycles. The summed E-state index contributed by atoms with van der Waals surface area (Å²) < 4.78 is 0. The fraction of sp³-hybridized carbons (Fsp3) is 0.238. The van der Waals surface area contributed by atoms with Crippen LogP contribution in [0.3, 0.4) is 0 Å². The van der Waals surface area contributed by atoms with E-state index in [-0.39, 0.29) is 17.7 Å². The lowest BCUT2D eigenvalue weighted by atomic mass is 9.96. The number of anilines is 2. The number of halogens is 1. The summed E-state index contributed by atoms with van der Waals surface area (Å²) in [5.41, 5.74) is 7.97. The van der Waals surface area contributed by atoms with Crippen molar-refractivity contribution in [2.45, 2.75) is 12.8 Å². The molecule has 2 amide bonds. The summed E-state index contributed by atoms with van der Waals surface area (Å²) in [6.07, 6.45) is 4.71. The third-order valence-electron chi connectivity index (χ3n) is 4.72. The predicted octanol–water partition coefficient (Wildman–Crippen LogP) is 3.69. The van der Waals surface area contributed by atoms with Gasteiger partial charge < -0.3 is 16.0 Å². The molecule has 3 rings (SSSR count). The quantitative estimate of drug-likeness (QED) is 0.773. The number of hydrogen-bond acceptors (Lipinski definition) is 3. The van der Waals surface area contributed by atoms with Gasteiger partial charge in [-0.3, -0.25) is 9.59 Å². The summed E-state index contributed by atoms with van der Waals surface area (Å²) in [5, 5.41) is 3.44. The number of nitrogens with one attached hydrogen (secondary N) is 1. The first-order chi connectivity index (χ1) is 13.0. The molecule has 5 nitrogen and oxygen atoms in total. The zero-order chi connectivity index (χ0) is 19.2. The number of nitrogens with two attached hydrogens (primary N) is 1. The molecule has 1 aliphatic rings. The van der Waals surface area contributed by atoms with Crippen LogP contribution in [0.25, 0.3) is 6.08 Å². The Bertz CT molecular complexity index is 841. The lowest BCUT2D eigenvalue weighted by Crippen LogP contribution is -2.38. The second-order valence-electron chi connectivity index (χ2n) is 6.55. The molecule has 1 aliphatic heterocycles. The smallest absolute Gasteiger partial charge is 0.248 e. The maximum Gasteiger partial charge on any atom is 0.248 e. The van der Waals surface area contributed by atoms with Gasteiger partial charge in [0, 0.05) is 41.5 Å². The highest BCUT2D eigenvalue weighted by Crippen LogP contribution is 2.24. The van der Waals surface area contributed by atoms with E-state index in [4.69, 9.17) is 17.3 Å². The number of nitrogens with zero attached hydrogens (tertiary/aromatic N) is 1. The Morgan fingerprint density at radius 1 is 1.07 bits per heavy atom. The van der Waals surface area contributed by atoms with Crippen molar-refractivity contribution in [1.29, 1.82) is 0 Å². The predicted molar refractivity (Wildman–Crippen MR) is 110 cm³/mol. The van der Waals surface area contributed by atoms with Crippen LogP contribution in [0.1, 0.15) is 18.4 Å². The Kier molecular flexibility index (Phi) is 6.14. The lowest BCUT2D eigenvalue weighted by Gasteiger charge is -2.32. The molecule has 0 spiro atoms. The van der Waals surface area contributed by atoms with Gasteiger partial charge in [-0.1, -0.05) is 29.8 Å². The molecule has 0 atom stereocenters. The molecule has 0 aromatic heterocycles. The van der Waals surface area contributed by atoms with Gasteiger partial charge in [0.25, 0.3) is 0 Å². The number of rotatable bonds is 5. The van der Waals surface area contributed by atoms with E-state index in [1.807, 2.05) is 42.5 Å². The lowest BCUT2D eigenvalue weighted by molar-refractivity contribution is -0.122. The number of benzene rings is 2. The van der Waals surface area contributed by atoms with Crippen molar-refractivity contribution in [3.8, 4) is 0 Å². The number of amides is 2. The van der Waals surface area contributed by atoms with Crippen LogP contribution in [-0.2, 0) is 9.59 Å². The van der Waals surface area contributed by atoms with E-state index in [0.717, 1.165) is 42.9 Å². The molecule has 140 valence electrons. The van der Waals surface area contributed by atoms with Gasteiger partial charge in [-0.05, 0) is 54.8 Å². The monoisotopic (exact) mass is 383 g/mol. The zero-order valence-electron chi connectivity index (χ0n) is 14.9. The summed E-state index contributed by atoms with van der Waals surface area (Å²) in [5.74, 6) is -0.452. The van der Waals surface area contributed by atoms with Crippen molar-refractivity contribution in [2.75, 3.05) is 23.3 Å². The maximum atomic E-state index is 12.1. The molecule has 0 saturated carbocycles. The van der Waals surface area contributed by atoms with Gasteiger partial charge >= 0.3 is 0 Å². The minimum atomic E-state index is -0.218. The third-order valence-corrected chi connectivity index (χ3v) is 5.06. The summed E-state index contributed by atoms with van der Waals surface area (Å²) in [4.78, 5) is 25.6. The van der Waals surface area contributed by atoms with Gasteiger partial charge in [-0.25, -0.2) is 0 Å². The van der Waals surface area contributed by atoms with Crippen LogP contribution < -0.4 is 16.0 Å². The highest BCUT2D eigenvalue weighted by atomic mass is 35.5. The summed E-state index contributed by atoms with van der Waals surface area (Å²) in [6.45, 7) is 1.61. The van der Waals surface area contributed by atoms with Gasteiger partial charge in [0.15, 0.2) is 0 Å². The van der Waals surface area contributed by atoms with Crippen LogP contribution in [-0.4, -0.2) is 24.9 Å². The molecule has 0 bridgehead atoms. The second kappa shape index (κ2) is 8.73. The molecule has 2 aromatic carbocycles. The molecule has 2 aromatic rings. The van der Waals surface area contributed by atoms with Crippen molar-refractivity contribution >= 4 is 40.9 Å². The fourth-order valence-corrected chi connectivity index (χ4v) is 3.34. The average Bonchev–Trinajstić information content (AvgIpc) is 2.68. The first kappa shape index (κ1) is 19.0. The number of carbonyl (C=O) groups excluding carboxylic acids is 2. The zero-order valence-corrected chi connectivity index (χ0v) is 15.7. The summed E-state index contributed by atoms with van der Waals surface area (Å²) in [7, 11) is 0. The second-order valence-corrected chi connectivity index (χ2v) is 6.96. The Morgan fingerprint density at radius 3 is 2.37 bits per heavy atom. The minimum Gasteiger partial charge on any atom is -0.371 e. The Labute approximate surface area is 163 Å². The van der Waals surface area contributed by atoms with Crippen LogP contribution in [0.4, 0.5) is 11.4 Å². The van der Waals surface area contributed by atoms with Gasteiger partial charge in [-0.15, -0.1) is 0 Å². The molecule has 0 aliphatic carbocycles. The standard InChI is InChI=1S/C21H22ClN3O2/c22-19-4-2-1-3-15(19)5-10-20(26)24-17-6-8-18(9-7-17)25-13-11-16(12-14-25)21(23)27/h1-10,16H,11-14H2,(H2,23,27)(H,24,26)/b10-5+. The van der Waals surface area contributed by atoms with E-state index < -0.39 is 0 Å². The molecule has 27 heavy (non-hydrogen) atoms. The highest BCUT2D eigenvalue weighted by Gasteiger charge is 2.23. The third kappa shape index (κ3) is 5.11. The van der Waals surface area contributed by atoms with Gasteiger partial charge in [0.2, 0.25) is 11.8 Å². The van der Waals surface area contributed by atoms with E-state index in [9.17, 15) is 9.59 Å². The van der Waals surface area contributed by atoms with Crippen LogP contribution in [0.5, 0.6) is 0 Å². The average molecular weight is 384 g/mol.